The third kappa shape index (κ3) is 5.84. The van der Waals surface area contributed by atoms with E-state index in [-0.39, 0.29) is 23.2 Å². The summed E-state index contributed by atoms with van der Waals surface area (Å²) in [6, 6.07) is 16.1. The average molecular weight is 721 g/mol. The zero-order valence-corrected chi connectivity index (χ0v) is 30.5. The van der Waals surface area contributed by atoms with Crippen LogP contribution < -0.4 is 20.9 Å². The molecule has 2 unspecified atom stereocenters. The molecule has 2 N–H and O–H groups in total. The molecule has 268 valence electrons. The lowest BCUT2D eigenvalue weighted by atomic mass is 9.96. The Morgan fingerprint density at radius 1 is 1.08 bits per heavy atom. The molecule has 3 aromatic heterocycles. The van der Waals surface area contributed by atoms with Crippen molar-refractivity contribution in [2.75, 3.05) is 52.3 Å². The van der Waals surface area contributed by atoms with Crippen molar-refractivity contribution in [3.63, 3.8) is 0 Å². The largest absolute Gasteiger partial charge is 0.481 e. The third-order valence-corrected chi connectivity index (χ3v) is 11.3. The SMILES string of the molecule is COCCN1CC2(CCN(C3CCc4cc(-c5cccc(-c6cccc(Nc7nccc8cnn(C)c(=O)c78)c6C)c5Cl)nc(OC)c43)C2)NC1=O. The Balaban J connectivity index is 1.08. The van der Waals surface area contributed by atoms with E-state index in [1.54, 1.807) is 39.7 Å². The molecule has 5 aromatic rings. The van der Waals surface area contributed by atoms with E-state index in [1.165, 1.54) is 10.2 Å². The van der Waals surface area contributed by atoms with Gasteiger partial charge in [-0.15, -0.1) is 0 Å². The van der Waals surface area contributed by atoms with Gasteiger partial charge in [0.05, 0.1) is 41.6 Å². The number of hydrogen-bond acceptors (Lipinski definition) is 9. The van der Waals surface area contributed by atoms with Crippen LogP contribution in [0.3, 0.4) is 0 Å². The maximum Gasteiger partial charge on any atom is 0.318 e. The summed E-state index contributed by atoms with van der Waals surface area (Å²) < 4.78 is 12.5. The first kappa shape index (κ1) is 34.1. The van der Waals surface area contributed by atoms with Gasteiger partial charge in [-0.2, -0.15) is 5.10 Å². The number of ether oxygens (including phenoxy) is 2. The molecule has 12 nitrogen and oxygen atoms in total. The second-order valence-corrected chi connectivity index (χ2v) is 14.3. The molecule has 1 aliphatic carbocycles. The van der Waals surface area contributed by atoms with Gasteiger partial charge in [0.1, 0.15) is 5.82 Å². The molecule has 0 bridgehead atoms. The summed E-state index contributed by atoms with van der Waals surface area (Å²) in [6.07, 6.45) is 6.08. The van der Waals surface area contributed by atoms with Crippen molar-refractivity contribution in [1.82, 2.24) is 34.9 Å². The number of aryl methyl sites for hydroxylation is 2. The molecule has 2 atom stereocenters. The highest BCUT2D eigenvalue weighted by Crippen LogP contribution is 2.46. The van der Waals surface area contributed by atoms with Crippen LogP contribution in [-0.2, 0) is 18.2 Å². The number of halogens is 1. The molecular weight excluding hydrogens is 680 g/mol. The van der Waals surface area contributed by atoms with Crippen molar-refractivity contribution in [3.8, 4) is 28.3 Å². The summed E-state index contributed by atoms with van der Waals surface area (Å²) in [4.78, 5) is 39.6. The predicted molar refractivity (Wildman–Crippen MR) is 201 cm³/mol. The number of amides is 2. The minimum atomic E-state index is -0.257. The summed E-state index contributed by atoms with van der Waals surface area (Å²) in [7, 11) is 4.96. The molecule has 1 spiro atoms. The Labute approximate surface area is 306 Å². The van der Waals surface area contributed by atoms with E-state index in [4.69, 9.17) is 26.1 Å². The van der Waals surface area contributed by atoms with Crippen molar-refractivity contribution in [3.05, 3.63) is 93.0 Å². The normalized spacial score (nSPS) is 19.8. The van der Waals surface area contributed by atoms with Gasteiger partial charge in [-0.25, -0.2) is 19.4 Å². The van der Waals surface area contributed by atoms with Crippen molar-refractivity contribution in [1.29, 1.82) is 0 Å². The smallest absolute Gasteiger partial charge is 0.318 e. The van der Waals surface area contributed by atoms with E-state index >= 15 is 0 Å². The molecule has 5 heterocycles. The summed E-state index contributed by atoms with van der Waals surface area (Å²) in [5.41, 5.74) is 7.00. The van der Waals surface area contributed by atoms with E-state index in [2.05, 4.69) is 31.7 Å². The van der Waals surface area contributed by atoms with Crippen LogP contribution >= 0.6 is 11.6 Å². The summed E-state index contributed by atoms with van der Waals surface area (Å²) >= 11 is 7.26. The fourth-order valence-electron chi connectivity index (χ4n) is 8.20. The molecule has 0 radical (unpaired) electrons. The number of hydrogen-bond donors (Lipinski definition) is 2. The number of carbonyl (C=O) groups is 1. The van der Waals surface area contributed by atoms with Crippen LogP contribution in [0.1, 0.15) is 35.6 Å². The van der Waals surface area contributed by atoms with Gasteiger partial charge in [0.2, 0.25) is 5.88 Å². The van der Waals surface area contributed by atoms with Gasteiger partial charge in [0.25, 0.3) is 5.56 Å². The summed E-state index contributed by atoms with van der Waals surface area (Å²) in [5.74, 6) is 1.08. The second kappa shape index (κ2) is 13.5. The van der Waals surface area contributed by atoms with Gasteiger partial charge in [-0.05, 0) is 61.1 Å². The zero-order chi connectivity index (χ0) is 36.1. The molecular formula is C39H41ClN8O4. The van der Waals surface area contributed by atoms with Crippen LogP contribution in [0.5, 0.6) is 5.88 Å². The van der Waals surface area contributed by atoms with Crippen LogP contribution in [0, 0.1) is 6.92 Å². The molecule has 52 heavy (non-hydrogen) atoms. The van der Waals surface area contributed by atoms with Crippen molar-refractivity contribution in [2.24, 2.45) is 7.05 Å². The molecule has 13 heteroatoms. The van der Waals surface area contributed by atoms with Crippen molar-refractivity contribution in [2.45, 2.75) is 37.8 Å². The highest BCUT2D eigenvalue weighted by Gasteiger charge is 2.49. The van der Waals surface area contributed by atoms with Crippen LogP contribution in [0.2, 0.25) is 5.02 Å². The van der Waals surface area contributed by atoms with E-state index in [0.29, 0.717) is 47.2 Å². The first-order valence-corrected chi connectivity index (χ1v) is 17.9. The lowest BCUT2D eigenvalue weighted by molar-refractivity contribution is 0.158. The highest BCUT2D eigenvalue weighted by molar-refractivity contribution is 6.36. The van der Waals surface area contributed by atoms with Gasteiger partial charge in [0.15, 0.2) is 0 Å². The predicted octanol–water partition coefficient (Wildman–Crippen LogP) is 5.87. The number of benzene rings is 2. The van der Waals surface area contributed by atoms with Crippen LogP contribution in [-0.4, -0.2) is 88.1 Å². The number of nitrogens with zero attached hydrogens (tertiary/aromatic N) is 6. The number of rotatable bonds is 9. The Hall–Kier alpha value is -5.04. The van der Waals surface area contributed by atoms with Crippen LogP contribution in [0.4, 0.5) is 16.3 Å². The van der Waals surface area contributed by atoms with Gasteiger partial charge >= 0.3 is 6.03 Å². The standard InChI is InChI=1S/C39H41ClN8O4/c1-23-26(7-6-10-29(23)43-35-33-25(13-15-41-35)20-42-46(2)37(33)49)27-8-5-9-28(34(27)40)30-19-24-11-12-31(32(24)36(44-30)52-4)47-16-14-39(21-47)22-48(17-18-51-3)38(50)45-39/h5-10,13,15,19-20,31H,11-12,14,16-18,21-22H2,1-4H3,(H,41,43)(H,45,50). The average Bonchev–Trinajstić information content (AvgIpc) is 3.85. The van der Waals surface area contributed by atoms with Crippen molar-refractivity contribution >= 4 is 39.9 Å². The van der Waals surface area contributed by atoms with E-state index in [9.17, 15) is 9.59 Å². The zero-order valence-electron chi connectivity index (χ0n) is 29.7. The number of fused-ring (bicyclic) bond motifs is 2. The highest BCUT2D eigenvalue weighted by atomic mass is 35.5. The lowest BCUT2D eigenvalue weighted by Crippen LogP contribution is -2.46. The number of nitrogens with one attached hydrogen (secondary N) is 2. The van der Waals surface area contributed by atoms with Gasteiger partial charge in [-0.3, -0.25) is 9.69 Å². The Kier molecular flexibility index (Phi) is 8.84. The summed E-state index contributed by atoms with van der Waals surface area (Å²) in [5, 5.41) is 12.6. The van der Waals surface area contributed by atoms with Gasteiger partial charge < -0.3 is 25.0 Å². The molecule has 2 fully saturated rings. The van der Waals surface area contributed by atoms with Crippen LogP contribution in [0.15, 0.2) is 65.7 Å². The Morgan fingerprint density at radius 3 is 2.71 bits per heavy atom. The van der Waals surface area contributed by atoms with Crippen molar-refractivity contribution < 1.29 is 14.3 Å². The van der Waals surface area contributed by atoms with Gasteiger partial charge in [-0.1, -0.05) is 41.9 Å². The second-order valence-electron chi connectivity index (χ2n) is 14.0. The molecule has 2 saturated heterocycles. The number of carbonyl (C=O) groups excluding carboxylic acids is 1. The topological polar surface area (TPSA) is 127 Å². The molecule has 2 amide bonds. The Morgan fingerprint density at radius 2 is 1.88 bits per heavy atom. The maximum atomic E-state index is 13.0. The van der Waals surface area contributed by atoms with Gasteiger partial charge in [0, 0.05) is 80.3 Å². The lowest BCUT2D eigenvalue weighted by Gasteiger charge is -2.28. The fraction of sp³-hybridized carbons (Fsp3) is 0.359. The first-order chi connectivity index (χ1) is 25.2. The molecule has 2 aromatic carbocycles. The quantitative estimate of drug-likeness (QED) is 0.192. The molecule has 2 aliphatic heterocycles. The number of anilines is 2. The Bertz CT molecular complexity index is 2280. The third-order valence-electron chi connectivity index (χ3n) is 10.9. The van der Waals surface area contributed by atoms with E-state index in [0.717, 1.165) is 71.6 Å². The maximum absolute atomic E-state index is 13.0. The number of pyridine rings is 2. The van der Waals surface area contributed by atoms with E-state index in [1.807, 2.05) is 48.2 Å². The number of aromatic nitrogens is 4. The number of likely N-dealkylation sites (tertiary alicyclic amines) is 1. The molecule has 3 aliphatic rings. The van der Waals surface area contributed by atoms with E-state index < -0.39 is 0 Å². The number of methoxy groups -OCH3 is 2. The fourth-order valence-corrected chi connectivity index (χ4v) is 8.53. The summed E-state index contributed by atoms with van der Waals surface area (Å²) in [6.45, 7) is 5.49. The monoisotopic (exact) mass is 720 g/mol. The van der Waals surface area contributed by atoms with Crippen LogP contribution in [0.25, 0.3) is 33.2 Å². The molecule has 8 rings (SSSR count). The minimum absolute atomic E-state index is 0.0152. The minimum Gasteiger partial charge on any atom is -0.481 e. The number of urea groups is 1. The first-order valence-electron chi connectivity index (χ1n) is 17.5. The molecule has 0 saturated carbocycles.